The van der Waals surface area contributed by atoms with E-state index in [-0.39, 0.29) is 10.3 Å². The fourth-order valence-corrected chi connectivity index (χ4v) is 4.47. The number of sulfonamides is 1. The zero-order valence-electron chi connectivity index (χ0n) is 13.8. The Morgan fingerprint density at radius 2 is 1.73 bits per heavy atom. The van der Waals surface area contributed by atoms with Gasteiger partial charge in [0.05, 0.1) is 4.90 Å². The van der Waals surface area contributed by atoms with Crippen molar-refractivity contribution in [2.75, 3.05) is 32.7 Å². The summed E-state index contributed by atoms with van der Waals surface area (Å²) in [5, 5.41) is 0. The summed E-state index contributed by atoms with van der Waals surface area (Å²) in [7, 11) is -3.54. The highest BCUT2D eigenvalue weighted by atomic mass is 32.2. The van der Waals surface area contributed by atoms with E-state index in [1.54, 1.807) is 6.92 Å². The Kier molecular flexibility index (Phi) is 4.94. The molecule has 0 unspecified atom stereocenters. The number of halogens is 1. The van der Waals surface area contributed by atoms with E-state index in [0.717, 1.165) is 19.6 Å². The molecular weight excluding hydrogens is 303 g/mol. The van der Waals surface area contributed by atoms with Crippen LogP contribution in [0.2, 0.25) is 0 Å². The van der Waals surface area contributed by atoms with Crippen molar-refractivity contribution in [1.29, 1.82) is 0 Å². The van der Waals surface area contributed by atoms with Crippen LogP contribution in [-0.4, -0.2) is 50.3 Å². The maximum absolute atomic E-state index is 13.2. The third-order valence-corrected chi connectivity index (χ3v) is 5.84. The molecule has 1 aromatic rings. The number of rotatable bonds is 3. The molecule has 0 atom stereocenters. The van der Waals surface area contributed by atoms with Gasteiger partial charge in [-0.25, -0.2) is 12.8 Å². The van der Waals surface area contributed by atoms with Gasteiger partial charge in [-0.15, -0.1) is 0 Å². The smallest absolute Gasteiger partial charge is 0.243 e. The van der Waals surface area contributed by atoms with Crippen molar-refractivity contribution in [3.8, 4) is 0 Å². The summed E-state index contributed by atoms with van der Waals surface area (Å²) in [4.78, 5) is 2.50. The Bertz CT molecular complexity index is 630. The number of nitrogens with zero attached hydrogens (tertiary/aromatic N) is 2. The van der Waals surface area contributed by atoms with Crippen LogP contribution in [0.1, 0.15) is 26.3 Å². The van der Waals surface area contributed by atoms with Crippen molar-refractivity contribution in [2.45, 2.75) is 32.6 Å². The molecule has 0 bridgehead atoms. The average molecular weight is 328 g/mol. The molecule has 0 aromatic heterocycles. The van der Waals surface area contributed by atoms with E-state index in [2.05, 4.69) is 25.7 Å². The molecule has 1 saturated heterocycles. The Labute approximate surface area is 133 Å². The molecule has 2 rings (SSSR count). The third kappa shape index (κ3) is 4.06. The first-order valence-electron chi connectivity index (χ1n) is 7.58. The second-order valence-electron chi connectivity index (χ2n) is 7.15. The number of aryl methyl sites for hydroxylation is 1. The van der Waals surface area contributed by atoms with Crippen molar-refractivity contribution in [3.05, 3.63) is 29.6 Å². The molecule has 0 saturated carbocycles. The van der Waals surface area contributed by atoms with Crippen LogP contribution in [0.3, 0.4) is 0 Å². The van der Waals surface area contributed by atoms with Gasteiger partial charge in [-0.3, -0.25) is 0 Å². The molecular formula is C16H25FN2O2S. The Hall–Kier alpha value is -0.980. The van der Waals surface area contributed by atoms with Crippen LogP contribution >= 0.6 is 0 Å². The van der Waals surface area contributed by atoms with Crippen molar-refractivity contribution in [3.63, 3.8) is 0 Å². The molecule has 1 heterocycles. The summed E-state index contributed by atoms with van der Waals surface area (Å²) >= 11 is 0. The third-order valence-electron chi connectivity index (χ3n) is 3.78. The normalized spacial score (nSPS) is 18.6. The molecule has 0 spiro atoms. The minimum atomic E-state index is -3.54. The van der Waals surface area contributed by atoms with E-state index in [1.165, 1.54) is 22.5 Å². The van der Waals surface area contributed by atoms with Crippen molar-refractivity contribution in [2.24, 2.45) is 5.41 Å². The lowest BCUT2D eigenvalue weighted by Crippen LogP contribution is -2.50. The lowest BCUT2D eigenvalue weighted by Gasteiger charge is -2.37. The fraction of sp³-hybridized carbons (Fsp3) is 0.625. The minimum absolute atomic E-state index is 0.203. The van der Waals surface area contributed by atoms with Gasteiger partial charge < -0.3 is 4.90 Å². The summed E-state index contributed by atoms with van der Waals surface area (Å²) in [5.41, 5.74) is 0.659. The predicted octanol–water partition coefficient (Wildman–Crippen LogP) is 2.49. The largest absolute Gasteiger partial charge is 0.300 e. The van der Waals surface area contributed by atoms with E-state index >= 15 is 0 Å². The first-order valence-corrected chi connectivity index (χ1v) is 9.02. The van der Waals surface area contributed by atoms with Crippen LogP contribution in [0.15, 0.2) is 23.1 Å². The lowest BCUT2D eigenvalue weighted by atomic mass is 9.96. The van der Waals surface area contributed by atoms with Crippen LogP contribution in [0.25, 0.3) is 0 Å². The molecule has 0 N–H and O–H groups in total. The highest BCUT2D eigenvalue weighted by Crippen LogP contribution is 2.23. The van der Waals surface area contributed by atoms with E-state index < -0.39 is 15.8 Å². The SMILES string of the molecule is Cc1cc(F)ccc1S(=O)(=O)N1CCN(CC(C)(C)C)CC1. The van der Waals surface area contributed by atoms with E-state index in [9.17, 15) is 12.8 Å². The Morgan fingerprint density at radius 1 is 1.14 bits per heavy atom. The van der Waals surface area contributed by atoms with E-state index in [1.807, 2.05) is 0 Å². The highest BCUT2D eigenvalue weighted by molar-refractivity contribution is 7.89. The first-order chi connectivity index (χ1) is 10.1. The molecule has 0 amide bonds. The summed E-state index contributed by atoms with van der Waals surface area (Å²) in [6.07, 6.45) is 0. The summed E-state index contributed by atoms with van der Waals surface area (Å²) in [6.45, 7) is 11.5. The van der Waals surface area contributed by atoms with Crippen molar-refractivity contribution < 1.29 is 12.8 Å². The van der Waals surface area contributed by atoms with Crippen LogP contribution < -0.4 is 0 Å². The molecule has 0 aliphatic carbocycles. The van der Waals surface area contributed by atoms with Crippen LogP contribution in [0.4, 0.5) is 4.39 Å². The number of hydrogen-bond acceptors (Lipinski definition) is 3. The maximum atomic E-state index is 13.2. The first kappa shape index (κ1) is 17.4. The minimum Gasteiger partial charge on any atom is -0.300 e. The second-order valence-corrected chi connectivity index (χ2v) is 9.06. The monoisotopic (exact) mass is 328 g/mol. The van der Waals surface area contributed by atoms with Gasteiger partial charge >= 0.3 is 0 Å². The van der Waals surface area contributed by atoms with Gasteiger partial charge in [-0.1, -0.05) is 20.8 Å². The highest BCUT2D eigenvalue weighted by Gasteiger charge is 2.30. The summed E-state index contributed by atoms with van der Waals surface area (Å²) < 4.78 is 40.1. The summed E-state index contributed by atoms with van der Waals surface area (Å²) in [6, 6.07) is 3.83. The molecule has 4 nitrogen and oxygen atoms in total. The Balaban J connectivity index is 2.10. The molecule has 1 aliphatic heterocycles. The van der Waals surface area contributed by atoms with Crippen molar-refractivity contribution >= 4 is 10.0 Å². The van der Waals surface area contributed by atoms with Crippen LogP contribution in [0, 0.1) is 18.2 Å². The van der Waals surface area contributed by atoms with Gasteiger partial charge in [-0.05, 0) is 36.1 Å². The topological polar surface area (TPSA) is 40.6 Å². The standard InChI is InChI=1S/C16H25FN2O2S/c1-13-11-14(17)5-6-15(13)22(20,21)19-9-7-18(8-10-19)12-16(2,3)4/h5-6,11H,7-10,12H2,1-4H3. The molecule has 1 fully saturated rings. The van der Waals surface area contributed by atoms with Gasteiger partial charge in [-0.2, -0.15) is 4.31 Å². The molecule has 124 valence electrons. The summed E-state index contributed by atoms with van der Waals surface area (Å²) in [5.74, 6) is -0.411. The lowest BCUT2D eigenvalue weighted by molar-refractivity contribution is 0.141. The van der Waals surface area contributed by atoms with Gasteiger partial charge in [0.25, 0.3) is 0 Å². The maximum Gasteiger partial charge on any atom is 0.243 e. The second kappa shape index (κ2) is 6.26. The quantitative estimate of drug-likeness (QED) is 0.856. The molecule has 0 radical (unpaired) electrons. The number of benzene rings is 1. The Morgan fingerprint density at radius 3 is 2.23 bits per heavy atom. The van der Waals surface area contributed by atoms with Gasteiger partial charge in [0.2, 0.25) is 10.0 Å². The fourth-order valence-electron chi connectivity index (χ4n) is 2.84. The number of piperazine rings is 1. The van der Waals surface area contributed by atoms with Gasteiger partial charge in [0.15, 0.2) is 0 Å². The van der Waals surface area contributed by atoms with Gasteiger partial charge in [0.1, 0.15) is 5.82 Å². The molecule has 1 aliphatic rings. The predicted molar refractivity (Wildman–Crippen MR) is 85.8 cm³/mol. The van der Waals surface area contributed by atoms with E-state index in [4.69, 9.17) is 0 Å². The number of hydrogen-bond donors (Lipinski definition) is 0. The van der Waals surface area contributed by atoms with E-state index in [0.29, 0.717) is 18.7 Å². The molecule has 6 heteroatoms. The van der Waals surface area contributed by atoms with Crippen LogP contribution in [-0.2, 0) is 10.0 Å². The zero-order chi connectivity index (χ0) is 16.5. The zero-order valence-corrected chi connectivity index (χ0v) is 14.6. The average Bonchev–Trinajstić information content (AvgIpc) is 2.36. The van der Waals surface area contributed by atoms with Crippen LogP contribution in [0.5, 0.6) is 0 Å². The van der Waals surface area contributed by atoms with Crippen molar-refractivity contribution in [1.82, 2.24) is 9.21 Å². The molecule has 22 heavy (non-hydrogen) atoms. The molecule has 1 aromatic carbocycles. The van der Waals surface area contributed by atoms with Gasteiger partial charge in [0, 0.05) is 32.7 Å².